The molecule has 38 heavy (non-hydrogen) atoms. The SMILES string of the molecule is CN1Cc2ccc(C(=O)O)cc2-c2cc3c(cc21)N(c1ccccc1)C[C@@H](C1CCCCC1)N(C)S3(=O)=O. The van der Waals surface area contributed by atoms with Crippen LogP contribution in [0.1, 0.15) is 48.0 Å². The molecule has 1 atom stereocenters. The van der Waals surface area contributed by atoms with E-state index in [4.69, 9.17) is 0 Å². The van der Waals surface area contributed by atoms with Crippen LogP contribution in [0.3, 0.4) is 0 Å². The molecule has 1 saturated carbocycles. The van der Waals surface area contributed by atoms with Gasteiger partial charge in [0.05, 0.1) is 11.3 Å². The maximum atomic E-state index is 14.3. The van der Waals surface area contributed by atoms with Crippen LogP contribution in [0, 0.1) is 5.92 Å². The molecule has 0 saturated heterocycles. The van der Waals surface area contributed by atoms with E-state index < -0.39 is 16.0 Å². The molecule has 3 aliphatic rings. The monoisotopic (exact) mass is 531 g/mol. The molecular formula is C30H33N3O4S. The lowest BCUT2D eigenvalue weighted by atomic mass is 9.83. The summed E-state index contributed by atoms with van der Waals surface area (Å²) in [6, 6.07) is 18.8. The second-order valence-corrected chi connectivity index (χ2v) is 12.8. The maximum absolute atomic E-state index is 14.3. The third kappa shape index (κ3) is 4.07. The first kappa shape index (κ1) is 24.9. The Labute approximate surface area is 224 Å². The van der Waals surface area contributed by atoms with Crippen LogP contribution in [-0.4, -0.2) is 50.5 Å². The summed E-state index contributed by atoms with van der Waals surface area (Å²) in [6.45, 7) is 1.20. The van der Waals surface area contributed by atoms with Crippen molar-refractivity contribution in [1.29, 1.82) is 0 Å². The summed E-state index contributed by atoms with van der Waals surface area (Å²) in [5, 5.41) is 9.63. The van der Waals surface area contributed by atoms with Crippen molar-refractivity contribution < 1.29 is 18.3 Å². The smallest absolute Gasteiger partial charge is 0.335 e. The lowest BCUT2D eigenvalue weighted by molar-refractivity contribution is 0.0697. The molecule has 0 aromatic heterocycles. The predicted molar refractivity (Wildman–Crippen MR) is 150 cm³/mol. The average Bonchev–Trinajstić information content (AvgIpc) is 3.01. The first-order valence-corrected chi connectivity index (χ1v) is 14.8. The van der Waals surface area contributed by atoms with Gasteiger partial charge >= 0.3 is 5.97 Å². The molecule has 0 spiro atoms. The second kappa shape index (κ2) is 9.43. The topological polar surface area (TPSA) is 81.2 Å². The van der Waals surface area contributed by atoms with Crippen LogP contribution in [0.2, 0.25) is 0 Å². The van der Waals surface area contributed by atoms with Gasteiger partial charge < -0.3 is 14.9 Å². The number of sulfonamides is 1. The van der Waals surface area contributed by atoms with Crippen molar-refractivity contribution in [3.05, 3.63) is 71.8 Å². The van der Waals surface area contributed by atoms with E-state index in [-0.39, 0.29) is 16.5 Å². The highest BCUT2D eigenvalue weighted by Gasteiger charge is 2.41. The van der Waals surface area contributed by atoms with Crippen molar-refractivity contribution in [2.45, 2.75) is 49.6 Å². The highest BCUT2D eigenvalue weighted by Crippen LogP contribution is 2.48. The Balaban J connectivity index is 1.58. The van der Waals surface area contributed by atoms with Gasteiger partial charge in [-0.05, 0) is 66.3 Å². The molecule has 0 bridgehead atoms. The number of hydrogen-bond donors (Lipinski definition) is 1. The van der Waals surface area contributed by atoms with Crippen LogP contribution in [0.5, 0.6) is 0 Å². The number of carbonyl (C=O) groups is 1. The quantitative estimate of drug-likeness (QED) is 0.465. The minimum atomic E-state index is -3.82. The number of nitrogens with zero attached hydrogens (tertiary/aromatic N) is 3. The summed E-state index contributed by atoms with van der Waals surface area (Å²) in [5.74, 6) is -0.693. The zero-order chi connectivity index (χ0) is 26.6. The molecule has 6 rings (SSSR count). The Kier molecular flexibility index (Phi) is 6.19. The molecule has 7 nitrogen and oxygen atoms in total. The summed E-state index contributed by atoms with van der Waals surface area (Å²) >= 11 is 0. The molecule has 1 aliphatic carbocycles. The Morgan fingerprint density at radius 1 is 0.895 bits per heavy atom. The Morgan fingerprint density at radius 3 is 2.34 bits per heavy atom. The second-order valence-electron chi connectivity index (χ2n) is 10.8. The molecular weight excluding hydrogens is 498 g/mol. The maximum Gasteiger partial charge on any atom is 0.335 e. The van der Waals surface area contributed by atoms with E-state index >= 15 is 0 Å². The fourth-order valence-electron chi connectivity index (χ4n) is 6.50. The van der Waals surface area contributed by atoms with Gasteiger partial charge in [0.1, 0.15) is 4.90 Å². The predicted octanol–water partition coefficient (Wildman–Crippen LogP) is 5.72. The number of benzene rings is 3. The number of likely N-dealkylation sites (N-methyl/N-ethyl adjacent to an activating group) is 1. The fraction of sp³-hybridized carbons (Fsp3) is 0.367. The number of para-hydroxylation sites is 1. The highest BCUT2D eigenvalue weighted by atomic mass is 32.2. The van der Waals surface area contributed by atoms with Gasteiger partial charge in [-0.15, -0.1) is 0 Å². The summed E-state index contributed by atoms with van der Waals surface area (Å²) in [6.07, 6.45) is 5.55. The Hall–Kier alpha value is -3.36. The van der Waals surface area contributed by atoms with Gasteiger partial charge in [0.2, 0.25) is 10.0 Å². The normalized spacial score (nSPS) is 21.3. The number of anilines is 3. The molecule has 0 radical (unpaired) electrons. The van der Waals surface area contributed by atoms with Crippen molar-refractivity contribution in [3.63, 3.8) is 0 Å². The highest BCUT2D eigenvalue weighted by molar-refractivity contribution is 7.89. The number of carboxylic acid groups (broad SMARTS) is 1. The van der Waals surface area contributed by atoms with Crippen molar-refractivity contribution in [2.24, 2.45) is 5.92 Å². The third-order valence-electron chi connectivity index (χ3n) is 8.59. The largest absolute Gasteiger partial charge is 0.478 e. The molecule has 8 heteroatoms. The molecule has 1 fully saturated rings. The number of hydrogen-bond acceptors (Lipinski definition) is 5. The van der Waals surface area contributed by atoms with Gasteiger partial charge in [0.25, 0.3) is 0 Å². The van der Waals surface area contributed by atoms with Gasteiger partial charge in [0, 0.05) is 50.2 Å². The minimum absolute atomic E-state index is 0.145. The third-order valence-corrected chi connectivity index (χ3v) is 10.5. The zero-order valence-corrected chi connectivity index (χ0v) is 22.6. The van der Waals surface area contributed by atoms with E-state index in [1.165, 1.54) is 6.42 Å². The van der Waals surface area contributed by atoms with E-state index in [0.29, 0.717) is 24.7 Å². The Morgan fingerprint density at radius 2 is 1.63 bits per heavy atom. The fourth-order valence-corrected chi connectivity index (χ4v) is 8.10. The van der Waals surface area contributed by atoms with Crippen molar-refractivity contribution in [2.75, 3.05) is 30.4 Å². The first-order valence-electron chi connectivity index (χ1n) is 13.3. The number of fused-ring (bicyclic) bond motifs is 4. The van der Waals surface area contributed by atoms with Crippen LogP contribution in [0.25, 0.3) is 11.1 Å². The van der Waals surface area contributed by atoms with E-state index in [2.05, 4.69) is 9.80 Å². The molecule has 1 N–H and O–H groups in total. The summed E-state index contributed by atoms with van der Waals surface area (Å²) < 4.78 is 30.2. The molecule has 0 amide bonds. The van der Waals surface area contributed by atoms with E-state index in [9.17, 15) is 18.3 Å². The lowest BCUT2D eigenvalue weighted by Gasteiger charge is -2.37. The van der Waals surface area contributed by atoms with Gasteiger partial charge in [-0.25, -0.2) is 13.2 Å². The van der Waals surface area contributed by atoms with Crippen molar-refractivity contribution in [1.82, 2.24) is 4.31 Å². The molecule has 3 aromatic rings. The first-order chi connectivity index (χ1) is 18.3. The van der Waals surface area contributed by atoms with E-state index in [1.54, 1.807) is 29.6 Å². The van der Waals surface area contributed by atoms with Crippen LogP contribution >= 0.6 is 0 Å². The summed E-state index contributed by atoms with van der Waals surface area (Å²) in [5.41, 5.74) is 5.22. The van der Waals surface area contributed by atoms with Crippen LogP contribution in [0.15, 0.2) is 65.6 Å². The van der Waals surface area contributed by atoms with Gasteiger partial charge in [-0.2, -0.15) is 4.31 Å². The Bertz CT molecular complexity index is 1500. The summed E-state index contributed by atoms with van der Waals surface area (Å²) in [7, 11) is -0.0943. The van der Waals surface area contributed by atoms with Crippen LogP contribution in [-0.2, 0) is 16.6 Å². The lowest BCUT2D eigenvalue weighted by Crippen LogP contribution is -2.46. The molecule has 0 unspecified atom stereocenters. The van der Waals surface area contributed by atoms with Gasteiger partial charge in [-0.1, -0.05) is 43.5 Å². The van der Waals surface area contributed by atoms with Gasteiger partial charge in [0.15, 0.2) is 0 Å². The number of rotatable bonds is 3. The minimum Gasteiger partial charge on any atom is -0.478 e. The van der Waals surface area contributed by atoms with Crippen LogP contribution in [0.4, 0.5) is 17.1 Å². The summed E-state index contributed by atoms with van der Waals surface area (Å²) in [4.78, 5) is 16.3. The molecule has 198 valence electrons. The average molecular weight is 532 g/mol. The molecule has 3 aromatic carbocycles. The number of carboxylic acids is 1. The van der Waals surface area contributed by atoms with Gasteiger partial charge in [-0.3, -0.25) is 0 Å². The zero-order valence-electron chi connectivity index (χ0n) is 21.8. The standard InChI is InChI=1S/C30H33N3O4S/c1-31-18-22-14-13-21(30(34)35)15-24(22)25-16-29-27(17-26(25)31)33(23-11-7-4-8-12-23)19-28(32(2)38(29,36)37)20-9-5-3-6-10-20/h4,7-8,11-17,20,28H,3,5-6,9-10,18-19H2,1-2H3,(H,34,35)/t28-/m0/s1. The number of aromatic carboxylic acids is 1. The van der Waals surface area contributed by atoms with Crippen molar-refractivity contribution >= 4 is 33.1 Å². The molecule has 2 heterocycles. The molecule has 2 aliphatic heterocycles. The van der Waals surface area contributed by atoms with Crippen molar-refractivity contribution in [3.8, 4) is 11.1 Å². The van der Waals surface area contributed by atoms with E-state index in [1.807, 2.05) is 49.5 Å². The van der Waals surface area contributed by atoms with Crippen LogP contribution < -0.4 is 9.80 Å². The van der Waals surface area contributed by atoms with E-state index in [0.717, 1.165) is 53.7 Å².